The number of hydrogen-bond donors (Lipinski definition) is 0. The zero-order valence-corrected chi connectivity index (χ0v) is 37.6. The summed E-state index contributed by atoms with van der Waals surface area (Å²) in [7, 11) is 0. The molecule has 0 saturated carbocycles. The minimum absolute atomic E-state index is 0.148. The van der Waals surface area contributed by atoms with Crippen molar-refractivity contribution in [2.24, 2.45) is 16.7 Å². The quantitative estimate of drug-likeness (QED) is 0.111. The van der Waals surface area contributed by atoms with Crippen molar-refractivity contribution in [1.29, 1.82) is 0 Å². The smallest absolute Gasteiger partial charge is 0.0520 e. The first-order valence-corrected chi connectivity index (χ1v) is 21.4. The molecule has 1 nitrogen and oxygen atoms in total. The Balaban J connectivity index is 1.75. The summed E-state index contributed by atoms with van der Waals surface area (Å²) in [6.07, 6.45) is 9.14. The van der Waals surface area contributed by atoms with Crippen molar-refractivity contribution < 1.29 is 0 Å². The molecule has 0 fully saturated rings. The monoisotopic (exact) mass is 728 g/mol. The molecule has 0 aliphatic carbocycles. The Morgan fingerprint density at radius 3 is 1.67 bits per heavy atom. The van der Waals surface area contributed by atoms with Gasteiger partial charge in [0.2, 0.25) is 0 Å². The van der Waals surface area contributed by atoms with Crippen LogP contribution in [0.3, 0.4) is 0 Å². The van der Waals surface area contributed by atoms with E-state index in [2.05, 4.69) is 188 Å². The zero-order chi connectivity index (χ0) is 40.2. The first kappa shape index (κ1) is 43.4. The normalized spacial score (nSPS) is 13.7. The largest absolute Gasteiger partial charge is 0.310 e. The lowest BCUT2D eigenvalue weighted by Crippen LogP contribution is -2.37. The standard InChI is InChI=1S/C53H77N/c1-17-51(13,14)53(16,29-21-24-48-38(6)33-45(34-39(48)7)50(10,11)12)36-42-22-20-23-47(35-42)54(46-27-25-44(26-28-46)52(15,18-2)19-3)49-40(8)31-43(30-37(4)5)32-41(49)9/h20,22-23,25-28,31-35,37H,17-19,21,24,29-30,36H2,1-16H3. The fraction of sp³-hybridized carbons (Fsp3) is 0.547. The van der Waals surface area contributed by atoms with Crippen LogP contribution in [0.4, 0.5) is 17.1 Å². The van der Waals surface area contributed by atoms with Crippen LogP contribution >= 0.6 is 0 Å². The van der Waals surface area contributed by atoms with Gasteiger partial charge in [-0.05, 0) is 175 Å². The Kier molecular flexibility index (Phi) is 13.8. The van der Waals surface area contributed by atoms with Crippen LogP contribution < -0.4 is 4.90 Å². The maximum atomic E-state index is 2.57. The average Bonchev–Trinajstić information content (AvgIpc) is 3.10. The van der Waals surface area contributed by atoms with Gasteiger partial charge in [-0.1, -0.05) is 138 Å². The van der Waals surface area contributed by atoms with Crippen molar-refractivity contribution in [2.75, 3.05) is 4.90 Å². The highest BCUT2D eigenvalue weighted by Crippen LogP contribution is 2.49. The van der Waals surface area contributed by atoms with Gasteiger partial charge in [0.15, 0.2) is 0 Å². The minimum Gasteiger partial charge on any atom is -0.310 e. The summed E-state index contributed by atoms with van der Waals surface area (Å²) < 4.78 is 0. The maximum absolute atomic E-state index is 2.57. The van der Waals surface area contributed by atoms with Gasteiger partial charge in [-0.2, -0.15) is 0 Å². The van der Waals surface area contributed by atoms with E-state index < -0.39 is 0 Å². The molecule has 0 radical (unpaired) electrons. The first-order chi connectivity index (χ1) is 25.2. The molecule has 0 bridgehead atoms. The van der Waals surface area contributed by atoms with Gasteiger partial charge in [-0.25, -0.2) is 0 Å². The molecule has 54 heavy (non-hydrogen) atoms. The van der Waals surface area contributed by atoms with Gasteiger partial charge in [0.1, 0.15) is 0 Å². The van der Waals surface area contributed by atoms with Gasteiger partial charge in [0.25, 0.3) is 0 Å². The fourth-order valence-corrected chi connectivity index (χ4v) is 8.89. The van der Waals surface area contributed by atoms with Crippen LogP contribution in [0.5, 0.6) is 0 Å². The summed E-state index contributed by atoms with van der Waals surface area (Å²) in [4.78, 5) is 2.54. The lowest BCUT2D eigenvalue weighted by atomic mass is 9.60. The Morgan fingerprint density at radius 1 is 0.593 bits per heavy atom. The number of rotatable bonds is 16. The van der Waals surface area contributed by atoms with Gasteiger partial charge in [-0.15, -0.1) is 0 Å². The Labute approximate surface area is 333 Å². The number of benzene rings is 4. The molecule has 0 aliphatic heterocycles. The highest BCUT2D eigenvalue weighted by Gasteiger charge is 2.39. The molecule has 4 aromatic rings. The number of aryl methyl sites for hydroxylation is 4. The number of anilines is 3. The second kappa shape index (κ2) is 17.2. The Morgan fingerprint density at radius 2 is 1.17 bits per heavy atom. The highest BCUT2D eigenvalue weighted by atomic mass is 15.1. The molecule has 294 valence electrons. The van der Waals surface area contributed by atoms with Gasteiger partial charge in [-0.3, -0.25) is 0 Å². The molecular formula is C53H77N. The van der Waals surface area contributed by atoms with Crippen LogP contribution in [0.15, 0.2) is 72.8 Å². The van der Waals surface area contributed by atoms with Crippen LogP contribution in [0.2, 0.25) is 0 Å². The summed E-state index contributed by atoms with van der Waals surface area (Å²) in [5, 5.41) is 0. The van der Waals surface area contributed by atoms with Gasteiger partial charge >= 0.3 is 0 Å². The van der Waals surface area contributed by atoms with E-state index in [1.807, 2.05) is 0 Å². The summed E-state index contributed by atoms with van der Waals surface area (Å²) in [6.45, 7) is 37.9. The van der Waals surface area contributed by atoms with E-state index in [9.17, 15) is 0 Å². The van der Waals surface area contributed by atoms with Gasteiger partial charge < -0.3 is 4.90 Å². The molecule has 1 atom stereocenters. The van der Waals surface area contributed by atoms with E-state index in [0.29, 0.717) is 5.92 Å². The molecule has 1 unspecified atom stereocenters. The topological polar surface area (TPSA) is 3.24 Å². The lowest BCUT2D eigenvalue weighted by Gasteiger charge is -2.45. The summed E-state index contributed by atoms with van der Waals surface area (Å²) in [5.74, 6) is 0.630. The van der Waals surface area contributed by atoms with E-state index in [4.69, 9.17) is 0 Å². The zero-order valence-electron chi connectivity index (χ0n) is 37.6. The van der Waals surface area contributed by atoms with Crippen LogP contribution in [-0.2, 0) is 30.1 Å². The van der Waals surface area contributed by atoms with Gasteiger partial charge in [0, 0.05) is 11.4 Å². The molecule has 4 rings (SSSR count). The molecule has 0 spiro atoms. The molecule has 0 aromatic heterocycles. The lowest BCUT2D eigenvalue weighted by molar-refractivity contribution is 0.0702. The van der Waals surface area contributed by atoms with Crippen molar-refractivity contribution >= 4 is 17.1 Å². The van der Waals surface area contributed by atoms with E-state index in [0.717, 1.165) is 38.5 Å². The highest BCUT2D eigenvalue weighted by molar-refractivity contribution is 5.81. The second-order valence-corrected chi connectivity index (χ2v) is 19.7. The van der Waals surface area contributed by atoms with Crippen molar-refractivity contribution in [3.8, 4) is 0 Å². The molecule has 0 saturated heterocycles. The molecule has 0 heterocycles. The SMILES string of the molecule is CCC(C)(CC)c1ccc(N(c2cccc(CC(C)(CCCc3c(C)cc(C(C)(C)C)cc3C)C(C)(C)CC)c2)c2c(C)cc(CC(C)C)cc2C)cc1. The van der Waals surface area contributed by atoms with Crippen molar-refractivity contribution in [3.63, 3.8) is 0 Å². The third-order valence-electron chi connectivity index (χ3n) is 13.8. The number of nitrogens with zero attached hydrogens (tertiary/aromatic N) is 1. The van der Waals surface area contributed by atoms with Crippen LogP contribution in [-0.4, -0.2) is 0 Å². The predicted octanol–water partition coefficient (Wildman–Crippen LogP) is 16.0. The molecule has 0 amide bonds. The number of hydrogen-bond acceptors (Lipinski definition) is 1. The molecular weight excluding hydrogens is 651 g/mol. The second-order valence-electron chi connectivity index (χ2n) is 19.7. The summed E-state index contributed by atoms with van der Waals surface area (Å²) in [6, 6.07) is 28.8. The van der Waals surface area contributed by atoms with E-state index in [1.165, 1.54) is 74.4 Å². The maximum Gasteiger partial charge on any atom is 0.0520 e. The summed E-state index contributed by atoms with van der Waals surface area (Å²) >= 11 is 0. The van der Waals surface area contributed by atoms with E-state index in [-0.39, 0.29) is 21.7 Å². The van der Waals surface area contributed by atoms with Gasteiger partial charge in [0.05, 0.1) is 5.69 Å². The van der Waals surface area contributed by atoms with Crippen LogP contribution in [0.25, 0.3) is 0 Å². The molecule has 0 aliphatic rings. The van der Waals surface area contributed by atoms with E-state index in [1.54, 1.807) is 5.56 Å². The third kappa shape index (κ3) is 9.72. The Hall–Kier alpha value is -3.32. The molecule has 0 N–H and O–H groups in total. The molecule has 4 aromatic carbocycles. The minimum atomic E-state index is 0.148. The fourth-order valence-electron chi connectivity index (χ4n) is 8.89. The Bertz CT molecular complexity index is 1800. The molecule has 1 heteroatoms. The van der Waals surface area contributed by atoms with Crippen LogP contribution in [0.1, 0.15) is 165 Å². The van der Waals surface area contributed by atoms with Crippen molar-refractivity contribution in [3.05, 3.63) is 123 Å². The third-order valence-corrected chi connectivity index (χ3v) is 13.8. The van der Waals surface area contributed by atoms with E-state index >= 15 is 0 Å². The predicted molar refractivity (Wildman–Crippen MR) is 241 cm³/mol. The first-order valence-electron chi connectivity index (χ1n) is 21.4. The average molecular weight is 728 g/mol. The van der Waals surface area contributed by atoms with Crippen molar-refractivity contribution in [2.45, 2.75) is 173 Å². The summed E-state index contributed by atoms with van der Waals surface area (Å²) in [5.41, 5.74) is 17.4. The van der Waals surface area contributed by atoms with Crippen molar-refractivity contribution in [1.82, 2.24) is 0 Å². The van der Waals surface area contributed by atoms with Crippen LogP contribution in [0, 0.1) is 44.4 Å².